The average Bonchev–Trinajstić information content (AvgIpc) is 3.44. The van der Waals surface area contributed by atoms with Gasteiger partial charge in [-0.05, 0) is 37.3 Å². The van der Waals surface area contributed by atoms with Crippen LogP contribution in [0.2, 0.25) is 0 Å². The zero-order valence-electron chi connectivity index (χ0n) is 18.7. The van der Waals surface area contributed by atoms with Crippen molar-refractivity contribution in [2.24, 2.45) is 7.05 Å². The molecule has 1 fully saturated rings. The summed E-state index contributed by atoms with van der Waals surface area (Å²) in [6.45, 7) is 2.86. The Morgan fingerprint density at radius 3 is 2.33 bits per heavy atom. The van der Waals surface area contributed by atoms with Crippen LogP contribution in [0.15, 0.2) is 47.6 Å². The Hall–Kier alpha value is -3.38. The van der Waals surface area contributed by atoms with E-state index in [9.17, 15) is 13.2 Å². The van der Waals surface area contributed by atoms with Gasteiger partial charge in [-0.15, -0.1) is 0 Å². The minimum absolute atomic E-state index is 0.149. The number of carbonyl (C=O) groups is 1. The van der Waals surface area contributed by atoms with E-state index >= 15 is 0 Å². The van der Waals surface area contributed by atoms with Gasteiger partial charge in [0.15, 0.2) is 12.4 Å². The van der Waals surface area contributed by atoms with E-state index in [-0.39, 0.29) is 49.4 Å². The van der Waals surface area contributed by atoms with E-state index in [1.165, 1.54) is 19.9 Å². The molecule has 1 aliphatic heterocycles. The number of piperazine rings is 1. The minimum atomic E-state index is -3.65. The predicted molar refractivity (Wildman–Crippen MR) is 118 cm³/mol. The summed E-state index contributed by atoms with van der Waals surface area (Å²) in [4.78, 5) is 14.7. The fourth-order valence-corrected chi connectivity index (χ4v) is 5.13. The molecule has 11 nitrogen and oxygen atoms in total. The maximum atomic E-state index is 12.9. The summed E-state index contributed by atoms with van der Waals surface area (Å²) in [7, 11) is -0.355. The van der Waals surface area contributed by atoms with E-state index in [0.29, 0.717) is 11.4 Å². The Balaban J connectivity index is 1.33. The Morgan fingerprint density at radius 1 is 1.06 bits per heavy atom. The van der Waals surface area contributed by atoms with Crippen LogP contribution in [-0.4, -0.2) is 76.4 Å². The number of hydrogen-bond donors (Lipinski definition) is 0. The number of sulfonamides is 1. The van der Waals surface area contributed by atoms with Crippen LogP contribution in [0, 0.1) is 6.92 Å². The molecule has 0 spiro atoms. The van der Waals surface area contributed by atoms with Gasteiger partial charge < -0.3 is 14.4 Å². The van der Waals surface area contributed by atoms with Crippen molar-refractivity contribution in [3.8, 4) is 11.5 Å². The SMILES string of the molecule is COc1ccc(OCn2ccc(C(=O)N3CCN(S(=O)(=O)c4cnn(C)c4C)CC3)n2)cc1. The molecule has 1 aromatic carbocycles. The van der Waals surface area contributed by atoms with Crippen molar-refractivity contribution in [1.29, 1.82) is 0 Å². The molecule has 0 saturated carbocycles. The van der Waals surface area contributed by atoms with E-state index in [1.54, 1.807) is 62.5 Å². The number of aromatic nitrogens is 4. The van der Waals surface area contributed by atoms with Crippen LogP contribution in [-0.2, 0) is 23.8 Å². The van der Waals surface area contributed by atoms with Crippen molar-refractivity contribution >= 4 is 15.9 Å². The Labute approximate surface area is 192 Å². The molecule has 2 aromatic heterocycles. The minimum Gasteiger partial charge on any atom is -0.497 e. The Kier molecular flexibility index (Phi) is 6.38. The van der Waals surface area contributed by atoms with Crippen LogP contribution >= 0.6 is 0 Å². The van der Waals surface area contributed by atoms with E-state index in [1.807, 2.05) is 0 Å². The number of aryl methyl sites for hydroxylation is 1. The third-order valence-electron chi connectivity index (χ3n) is 5.62. The number of benzene rings is 1. The van der Waals surface area contributed by atoms with Crippen molar-refractivity contribution in [2.75, 3.05) is 33.3 Å². The quantitative estimate of drug-likeness (QED) is 0.504. The summed E-state index contributed by atoms with van der Waals surface area (Å²) in [5.41, 5.74) is 0.864. The standard InChI is InChI=1S/C21H26N6O5S/c1-16-20(14-22-24(16)2)33(29,30)27-12-10-25(11-13-27)21(28)19-8-9-26(23-19)15-32-18-6-4-17(31-3)5-7-18/h4-9,14H,10-13,15H2,1-3H3. The zero-order chi connectivity index (χ0) is 23.6. The lowest BCUT2D eigenvalue weighted by Crippen LogP contribution is -2.50. The van der Waals surface area contributed by atoms with Gasteiger partial charge in [0.2, 0.25) is 10.0 Å². The fourth-order valence-electron chi connectivity index (χ4n) is 3.52. The normalized spacial score (nSPS) is 14.9. The summed E-state index contributed by atoms with van der Waals surface area (Å²) in [5, 5.41) is 8.32. The molecule has 3 heterocycles. The smallest absolute Gasteiger partial charge is 0.274 e. The summed E-state index contributed by atoms with van der Waals surface area (Å²) in [5.74, 6) is 1.14. The van der Waals surface area contributed by atoms with Crippen molar-refractivity contribution in [2.45, 2.75) is 18.6 Å². The highest BCUT2D eigenvalue weighted by molar-refractivity contribution is 7.89. The van der Waals surface area contributed by atoms with Crippen LogP contribution in [0.25, 0.3) is 0 Å². The first-order chi connectivity index (χ1) is 15.8. The first-order valence-electron chi connectivity index (χ1n) is 10.4. The highest BCUT2D eigenvalue weighted by Crippen LogP contribution is 2.21. The maximum absolute atomic E-state index is 12.9. The molecule has 0 bridgehead atoms. The number of ether oxygens (including phenoxy) is 2. The van der Waals surface area contributed by atoms with Gasteiger partial charge in [0.25, 0.3) is 5.91 Å². The lowest BCUT2D eigenvalue weighted by Gasteiger charge is -2.33. The van der Waals surface area contributed by atoms with Crippen molar-refractivity contribution in [3.05, 3.63) is 54.1 Å². The number of carbonyl (C=O) groups excluding carboxylic acids is 1. The molecule has 1 amide bonds. The third-order valence-corrected chi connectivity index (χ3v) is 7.62. The topological polar surface area (TPSA) is 112 Å². The second kappa shape index (κ2) is 9.24. The number of rotatable bonds is 7. The summed E-state index contributed by atoms with van der Waals surface area (Å²) < 4.78 is 41.1. The Bertz CT molecular complexity index is 1230. The fraction of sp³-hybridized carbons (Fsp3) is 0.381. The van der Waals surface area contributed by atoms with E-state index in [2.05, 4.69) is 10.2 Å². The van der Waals surface area contributed by atoms with E-state index in [0.717, 1.165) is 5.75 Å². The molecule has 12 heteroatoms. The van der Waals surface area contributed by atoms with E-state index < -0.39 is 10.0 Å². The lowest BCUT2D eigenvalue weighted by atomic mass is 10.3. The van der Waals surface area contributed by atoms with Gasteiger partial charge in [0, 0.05) is 39.4 Å². The largest absolute Gasteiger partial charge is 0.497 e. The first kappa shape index (κ1) is 22.8. The second-order valence-corrected chi connectivity index (χ2v) is 9.51. The molecule has 176 valence electrons. The monoisotopic (exact) mass is 474 g/mol. The molecule has 0 N–H and O–H groups in total. The lowest BCUT2D eigenvalue weighted by molar-refractivity contribution is 0.0690. The summed E-state index contributed by atoms with van der Waals surface area (Å²) >= 11 is 0. The molecule has 4 rings (SSSR count). The van der Waals surface area contributed by atoms with Gasteiger partial charge >= 0.3 is 0 Å². The van der Waals surface area contributed by atoms with Crippen molar-refractivity contribution in [1.82, 2.24) is 28.8 Å². The zero-order valence-corrected chi connectivity index (χ0v) is 19.5. The maximum Gasteiger partial charge on any atom is 0.274 e. The number of methoxy groups -OCH3 is 1. The molecule has 3 aromatic rings. The van der Waals surface area contributed by atoms with Crippen LogP contribution in [0.4, 0.5) is 0 Å². The second-order valence-electron chi connectivity index (χ2n) is 7.60. The molecular formula is C21H26N6O5S. The molecule has 1 aliphatic rings. The molecule has 33 heavy (non-hydrogen) atoms. The highest BCUT2D eigenvalue weighted by atomic mass is 32.2. The van der Waals surface area contributed by atoms with Crippen LogP contribution < -0.4 is 9.47 Å². The van der Waals surface area contributed by atoms with Gasteiger partial charge in [-0.25, -0.2) is 13.1 Å². The first-order valence-corrected chi connectivity index (χ1v) is 11.8. The molecule has 0 atom stereocenters. The van der Waals surface area contributed by atoms with Gasteiger partial charge in [-0.2, -0.15) is 14.5 Å². The predicted octanol–water partition coefficient (Wildman–Crippen LogP) is 1.12. The molecule has 0 radical (unpaired) electrons. The van der Waals surface area contributed by atoms with Crippen LogP contribution in [0.1, 0.15) is 16.2 Å². The Morgan fingerprint density at radius 2 is 1.73 bits per heavy atom. The molecule has 0 aliphatic carbocycles. The summed E-state index contributed by atoms with van der Waals surface area (Å²) in [6.07, 6.45) is 3.03. The number of nitrogens with zero attached hydrogens (tertiary/aromatic N) is 6. The molecular weight excluding hydrogens is 448 g/mol. The number of amides is 1. The van der Waals surface area contributed by atoms with E-state index in [4.69, 9.17) is 9.47 Å². The van der Waals surface area contributed by atoms with Gasteiger partial charge in [-0.1, -0.05) is 0 Å². The van der Waals surface area contributed by atoms with Gasteiger partial charge in [-0.3, -0.25) is 9.48 Å². The van der Waals surface area contributed by atoms with Crippen LogP contribution in [0.5, 0.6) is 11.5 Å². The van der Waals surface area contributed by atoms with Gasteiger partial charge in [0.1, 0.15) is 16.4 Å². The van der Waals surface area contributed by atoms with Crippen LogP contribution in [0.3, 0.4) is 0 Å². The van der Waals surface area contributed by atoms with Crippen molar-refractivity contribution in [3.63, 3.8) is 0 Å². The summed E-state index contributed by atoms with van der Waals surface area (Å²) in [6, 6.07) is 8.79. The molecule has 0 unspecified atom stereocenters. The third kappa shape index (κ3) is 4.71. The highest BCUT2D eigenvalue weighted by Gasteiger charge is 2.33. The average molecular weight is 475 g/mol. The number of hydrogen-bond acceptors (Lipinski definition) is 7. The molecule has 1 saturated heterocycles. The van der Waals surface area contributed by atoms with Gasteiger partial charge in [0.05, 0.1) is 19.0 Å². The van der Waals surface area contributed by atoms with Crippen molar-refractivity contribution < 1.29 is 22.7 Å².